The minimum absolute atomic E-state index is 0.0217. The molecule has 0 spiro atoms. The zero-order valence-corrected chi connectivity index (χ0v) is 12.8. The molecule has 106 valence electrons. The Morgan fingerprint density at radius 2 is 1.90 bits per heavy atom. The number of hydrogen-bond donors (Lipinski definition) is 1. The number of aromatic amines is 1. The summed E-state index contributed by atoms with van der Waals surface area (Å²) in [5.41, 5.74) is 0.779. The van der Waals surface area contributed by atoms with Gasteiger partial charge in [-0.15, -0.1) is 5.10 Å². The third-order valence-corrected chi connectivity index (χ3v) is 3.70. The van der Waals surface area contributed by atoms with Gasteiger partial charge in [0.1, 0.15) is 5.82 Å². The van der Waals surface area contributed by atoms with E-state index in [1.807, 2.05) is 12.1 Å². The molecule has 0 bridgehead atoms. The molecule has 0 aliphatic rings. The van der Waals surface area contributed by atoms with Gasteiger partial charge in [0, 0.05) is 10.0 Å². The van der Waals surface area contributed by atoms with Gasteiger partial charge in [0.25, 0.3) is 0 Å². The molecule has 4 nitrogen and oxygen atoms in total. The molecular weight excluding hydrogens is 361 g/mol. The molecule has 0 fully saturated rings. The lowest BCUT2D eigenvalue weighted by Gasteiger charge is -2.00. The Balaban J connectivity index is 2.07. The third-order valence-electron chi connectivity index (χ3n) is 2.88. The molecule has 0 aliphatic carbocycles. The van der Waals surface area contributed by atoms with Crippen molar-refractivity contribution in [1.82, 2.24) is 14.8 Å². The van der Waals surface area contributed by atoms with Crippen molar-refractivity contribution in [3.05, 3.63) is 68.3 Å². The fraction of sp³-hybridized carbons (Fsp3) is 0. The predicted molar refractivity (Wildman–Crippen MR) is 82.3 cm³/mol. The highest BCUT2D eigenvalue weighted by Crippen LogP contribution is 2.22. The molecule has 0 aliphatic heterocycles. The smallest absolute Gasteiger partial charge is 0.288 e. The van der Waals surface area contributed by atoms with E-state index in [-0.39, 0.29) is 10.7 Å². The van der Waals surface area contributed by atoms with Gasteiger partial charge >= 0.3 is 5.69 Å². The molecule has 0 radical (unpaired) electrons. The highest BCUT2D eigenvalue weighted by molar-refractivity contribution is 9.10. The molecule has 3 aromatic rings. The van der Waals surface area contributed by atoms with E-state index in [2.05, 4.69) is 26.0 Å². The predicted octanol–water partition coefficient (Wildman–Crippen LogP) is 3.78. The normalized spacial score (nSPS) is 10.8. The fourth-order valence-electron chi connectivity index (χ4n) is 1.86. The van der Waals surface area contributed by atoms with Crippen molar-refractivity contribution >= 4 is 27.5 Å². The van der Waals surface area contributed by atoms with Gasteiger partial charge < -0.3 is 0 Å². The second-order valence-corrected chi connectivity index (χ2v) is 5.62. The molecule has 2 aromatic carbocycles. The van der Waals surface area contributed by atoms with Gasteiger partial charge in [-0.3, -0.25) is 4.98 Å². The first-order chi connectivity index (χ1) is 10.0. The molecule has 0 saturated heterocycles. The Kier molecular flexibility index (Phi) is 3.65. The summed E-state index contributed by atoms with van der Waals surface area (Å²) >= 11 is 9.07. The summed E-state index contributed by atoms with van der Waals surface area (Å²) in [5, 5.41) is 4.18. The highest BCUT2D eigenvalue weighted by atomic mass is 79.9. The first-order valence-corrected chi connectivity index (χ1v) is 7.12. The summed E-state index contributed by atoms with van der Waals surface area (Å²) in [4.78, 5) is 14.6. The fourth-order valence-corrected chi connectivity index (χ4v) is 2.30. The Morgan fingerprint density at radius 3 is 2.57 bits per heavy atom. The average molecular weight is 369 g/mol. The molecule has 7 heteroatoms. The van der Waals surface area contributed by atoms with Gasteiger partial charge in [-0.1, -0.05) is 27.5 Å². The van der Waals surface area contributed by atoms with Crippen molar-refractivity contribution in [3.63, 3.8) is 0 Å². The lowest BCUT2D eigenvalue weighted by atomic mass is 10.2. The van der Waals surface area contributed by atoms with E-state index in [1.54, 1.807) is 12.1 Å². The van der Waals surface area contributed by atoms with E-state index < -0.39 is 5.82 Å². The summed E-state index contributed by atoms with van der Waals surface area (Å²) in [7, 11) is 0. The van der Waals surface area contributed by atoms with E-state index in [0.29, 0.717) is 17.1 Å². The van der Waals surface area contributed by atoms with Crippen LogP contribution in [-0.2, 0) is 0 Å². The van der Waals surface area contributed by atoms with Gasteiger partial charge in [-0.25, -0.2) is 9.18 Å². The van der Waals surface area contributed by atoms with E-state index in [1.165, 1.54) is 22.9 Å². The van der Waals surface area contributed by atoms with Crippen molar-refractivity contribution in [2.75, 3.05) is 0 Å². The minimum Gasteiger partial charge on any atom is -0.288 e. The van der Waals surface area contributed by atoms with E-state index in [0.717, 1.165) is 4.47 Å². The zero-order valence-electron chi connectivity index (χ0n) is 10.5. The van der Waals surface area contributed by atoms with Gasteiger partial charge in [0.05, 0.1) is 10.7 Å². The van der Waals surface area contributed by atoms with Crippen LogP contribution >= 0.6 is 27.5 Å². The zero-order chi connectivity index (χ0) is 15.0. The Hall–Kier alpha value is -1.92. The first-order valence-electron chi connectivity index (χ1n) is 5.95. The number of nitrogens with zero attached hydrogens (tertiary/aromatic N) is 2. The molecule has 21 heavy (non-hydrogen) atoms. The van der Waals surface area contributed by atoms with Crippen LogP contribution in [0.2, 0.25) is 5.02 Å². The van der Waals surface area contributed by atoms with Crippen LogP contribution in [0.25, 0.3) is 17.1 Å². The maximum atomic E-state index is 13.2. The molecule has 3 rings (SSSR count). The highest BCUT2D eigenvalue weighted by Gasteiger charge is 2.10. The molecule has 1 N–H and O–H groups in total. The van der Waals surface area contributed by atoms with Gasteiger partial charge in [0.15, 0.2) is 5.82 Å². The van der Waals surface area contributed by atoms with E-state index in [4.69, 9.17) is 11.6 Å². The molecule has 0 saturated carbocycles. The maximum Gasteiger partial charge on any atom is 0.348 e. The lowest BCUT2D eigenvalue weighted by molar-refractivity contribution is 0.628. The number of nitrogens with one attached hydrogen (secondary N) is 1. The summed E-state index contributed by atoms with van der Waals surface area (Å²) in [5.74, 6) is -0.195. The number of halogens is 3. The second kappa shape index (κ2) is 5.46. The topological polar surface area (TPSA) is 50.7 Å². The molecule has 0 amide bonds. The van der Waals surface area contributed by atoms with Crippen LogP contribution in [0, 0.1) is 5.82 Å². The Bertz CT molecular complexity index is 857. The Morgan fingerprint density at radius 1 is 1.19 bits per heavy atom. The molecule has 1 heterocycles. The monoisotopic (exact) mass is 367 g/mol. The summed E-state index contributed by atoms with van der Waals surface area (Å²) in [6, 6.07) is 11.3. The molecular formula is C14H8BrClFN3O. The second-order valence-electron chi connectivity index (χ2n) is 4.30. The summed E-state index contributed by atoms with van der Waals surface area (Å²) in [6.07, 6.45) is 0. The quantitative estimate of drug-likeness (QED) is 0.748. The van der Waals surface area contributed by atoms with Crippen LogP contribution in [0.4, 0.5) is 4.39 Å². The van der Waals surface area contributed by atoms with Crippen LogP contribution in [0.5, 0.6) is 0 Å². The molecule has 0 unspecified atom stereocenters. The van der Waals surface area contributed by atoms with Crippen molar-refractivity contribution in [2.45, 2.75) is 0 Å². The van der Waals surface area contributed by atoms with Crippen LogP contribution in [0.3, 0.4) is 0 Å². The van der Waals surface area contributed by atoms with Crippen molar-refractivity contribution < 1.29 is 4.39 Å². The van der Waals surface area contributed by atoms with Gasteiger partial charge in [0.2, 0.25) is 0 Å². The van der Waals surface area contributed by atoms with Crippen LogP contribution in [0.15, 0.2) is 51.7 Å². The standard InChI is InChI=1S/C14H8BrClFN3O/c15-9-2-4-10(5-3-9)20-14(21)18-13(19-20)8-1-6-12(17)11(16)7-8/h1-7H,(H,18,19,21). The van der Waals surface area contributed by atoms with Crippen molar-refractivity contribution in [1.29, 1.82) is 0 Å². The van der Waals surface area contributed by atoms with Crippen molar-refractivity contribution in [3.8, 4) is 17.1 Å². The average Bonchev–Trinajstić information content (AvgIpc) is 2.85. The summed E-state index contributed by atoms with van der Waals surface area (Å²) in [6.45, 7) is 0. The largest absolute Gasteiger partial charge is 0.348 e. The maximum absolute atomic E-state index is 13.2. The minimum atomic E-state index is -0.518. The van der Waals surface area contributed by atoms with Crippen molar-refractivity contribution in [2.24, 2.45) is 0 Å². The Labute approximate surface area is 132 Å². The lowest BCUT2D eigenvalue weighted by Crippen LogP contribution is -2.15. The first kappa shape index (κ1) is 14.0. The van der Waals surface area contributed by atoms with Gasteiger partial charge in [-0.2, -0.15) is 4.68 Å². The van der Waals surface area contributed by atoms with Crippen LogP contribution < -0.4 is 5.69 Å². The van der Waals surface area contributed by atoms with Gasteiger partial charge in [-0.05, 0) is 42.5 Å². The van der Waals surface area contributed by atoms with E-state index >= 15 is 0 Å². The molecule has 1 aromatic heterocycles. The number of hydrogen-bond acceptors (Lipinski definition) is 2. The van der Waals surface area contributed by atoms with Crippen LogP contribution in [-0.4, -0.2) is 14.8 Å². The summed E-state index contributed by atoms with van der Waals surface area (Å²) < 4.78 is 15.3. The van der Waals surface area contributed by atoms with E-state index in [9.17, 15) is 9.18 Å². The van der Waals surface area contributed by atoms with Crippen LogP contribution in [0.1, 0.15) is 0 Å². The number of rotatable bonds is 2. The number of H-pyrrole nitrogens is 1. The SMILES string of the molecule is O=c1[nH]c(-c2ccc(F)c(Cl)c2)nn1-c1ccc(Br)cc1. The number of benzene rings is 2. The molecule has 0 atom stereocenters. The third kappa shape index (κ3) is 2.77. The number of aromatic nitrogens is 3.